The first kappa shape index (κ1) is 23.9. The molecule has 2 aromatic rings. The Morgan fingerprint density at radius 1 is 1.10 bits per heavy atom. The third-order valence-corrected chi connectivity index (χ3v) is 5.36. The van der Waals surface area contributed by atoms with E-state index in [9.17, 15) is 9.90 Å². The minimum absolute atomic E-state index is 0.352. The molecule has 5 nitrogen and oxygen atoms in total. The second kappa shape index (κ2) is 10.1. The monoisotopic (exact) mass is 412 g/mol. The first-order chi connectivity index (χ1) is 14.1. The van der Waals surface area contributed by atoms with Crippen LogP contribution >= 0.6 is 0 Å². The molecule has 2 unspecified atom stereocenters. The summed E-state index contributed by atoms with van der Waals surface area (Å²) >= 11 is 0. The van der Waals surface area contributed by atoms with Crippen molar-refractivity contribution in [3.63, 3.8) is 0 Å². The zero-order valence-electron chi connectivity index (χ0n) is 18.8. The number of carbonyl (C=O) groups excluding carboxylic acids is 1. The van der Waals surface area contributed by atoms with Gasteiger partial charge in [0.25, 0.3) is 0 Å². The minimum atomic E-state index is -1.22. The fourth-order valence-electron chi connectivity index (χ4n) is 3.44. The topological polar surface area (TPSA) is 84.6 Å². The number of amides is 1. The van der Waals surface area contributed by atoms with Crippen LogP contribution in [0.1, 0.15) is 64.6 Å². The fourth-order valence-corrected chi connectivity index (χ4v) is 3.44. The summed E-state index contributed by atoms with van der Waals surface area (Å²) in [7, 11) is 0. The van der Waals surface area contributed by atoms with E-state index in [0.717, 1.165) is 24.2 Å². The lowest BCUT2D eigenvalue weighted by Gasteiger charge is -2.34. The lowest BCUT2D eigenvalue weighted by atomic mass is 9.88. The molecule has 0 saturated heterocycles. The molecule has 0 heterocycles. The van der Waals surface area contributed by atoms with Crippen molar-refractivity contribution in [3.05, 3.63) is 65.7 Å². The Morgan fingerprint density at radius 2 is 1.70 bits per heavy atom. The molecule has 0 bridgehead atoms. The maximum absolute atomic E-state index is 13.0. The van der Waals surface area contributed by atoms with Gasteiger partial charge in [-0.1, -0.05) is 62.7 Å². The number of carbonyl (C=O) groups is 1. The quantitative estimate of drug-likeness (QED) is 0.543. The van der Waals surface area contributed by atoms with Crippen molar-refractivity contribution < 1.29 is 14.6 Å². The largest absolute Gasteiger partial charge is 0.493 e. The first-order valence-electron chi connectivity index (χ1n) is 10.7. The molecule has 30 heavy (non-hydrogen) atoms. The van der Waals surface area contributed by atoms with E-state index in [4.69, 9.17) is 10.5 Å². The van der Waals surface area contributed by atoms with E-state index in [-0.39, 0.29) is 5.91 Å². The number of aliphatic hydroxyl groups is 1. The van der Waals surface area contributed by atoms with Gasteiger partial charge in [0.05, 0.1) is 18.2 Å². The minimum Gasteiger partial charge on any atom is -0.493 e. The van der Waals surface area contributed by atoms with Crippen LogP contribution in [-0.2, 0) is 10.3 Å². The molecular formula is C25H36N2O3. The van der Waals surface area contributed by atoms with Gasteiger partial charge in [-0.2, -0.15) is 0 Å². The van der Waals surface area contributed by atoms with Crippen molar-refractivity contribution in [2.24, 2.45) is 11.7 Å². The molecule has 0 aromatic heterocycles. The van der Waals surface area contributed by atoms with Crippen molar-refractivity contribution >= 4 is 5.91 Å². The Labute approximate surface area is 180 Å². The van der Waals surface area contributed by atoms with Crippen LogP contribution in [0.15, 0.2) is 54.6 Å². The van der Waals surface area contributed by atoms with Gasteiger partial charge < -0.3 is 20.9 Å². The van der Waals surface area contributed by atoms with Crippen molar-refractivity contribution in [2.75, 3.05) is 6.61 Å². The number of nitrogens with two attached hydrogens (primary N) is 1. The molecule has 3 atom stereocenters. The molecule has 0 aliphatic heterocycles. The molecule has 0 aliphatic rings. The van der Waals surface area contributed by atoms with Crippen molar-refractivity contribution in [1.82, 2.24) is 5.32 Å². The SMILES string of the molecule is CCCC(C)COc1ccc([C@@H](NC(=O)C(C)(N)c2ccccc2)C(C)(C)O)cc1. The van der Waals surface area contributed by atoms with Crippen LogP contribution in [0.25, 0.3) is 0 Å². The predicted octanol–water partition coefficient (Wildman–Crippen LogP) is 4.30. The molecular weight excluding hydrogens is 376 g/mol. The lowest BCUT2D eigenvalue weighted by molar-refractivity contribution is -0.128. The predicted molar refractivity (Wildman–Crippen MR) is 121 cm³/mol. The summed E-state index contributed by atoms with van der Waals surface area (Å²) in [6, 6.07) is 16.1. The fraction of sp³-hybridized carbons (Fsp3) is 0.480. The number of hydrogen-bond donors (Lipinski definition) is 3. The molecule has 0 aliphatic carbocycles. The number of nitrogens with one attached hydrogen (secondary N) is 1. The Hall–Kier alpha value is -2.37. The standard InChI is InChI=1S/C25H36N2O3/c1-6-10-18(2)17-30-21-15-13-19(14-16-21)22(24(3,4)29)27-23(28)25(5,26)20-11-8-7-9-12-20/h7-9,11-16,18,22,29H,6,10,17,26H2,1-5H3,(H,27,28)/t18?,22-,25?/m1/s1. The Balaban J connectivity index is 2.15. The third-order valence-electron chi connectivity index (χ3n) is 5.36. The van der Waals surface area contributed by atoms with E-state index >= 15 is 0 Å². The van der Waals surface area contributed by atoms with Gasteiger partial charge in [-0.3, -0.25) is 4.79 Å². The number of ether oxygens (including phenoxy) is 1. The Bertz CT molecular complexity index is 795. The first-order valence-corrected chi connectivity index (χ1v) is 10.7. The van der Waals surface area contributed by atoms with E-state index in [1.165, 1.54) is 0 Å². The summed E-state index contributed by atoms with van der Waals surface area (Å²) in [5.74, 6) is 0.920. The van der Waals surface area contributed by atoms with E-state index in [2.05, 4.69) is 19.2 Å². The average Bonchev–Trinajstić information content (AvgIpc) is 2.71. The van der Waals surface area contributed by atoms with Gasteiger partial charge in [0.2, 0.25) is 5.91 Å². The zero-order valence-corrected chi connectivity index (χ0v) is 18.8. The van der Waals surface area contributed by atoms with Crippen molar-refractivity contribution in [1.29, 1.82) is 0 Å². The van der Waals surface area contributed by atoms with Gasteiger partial charge >= 0.3 is 0 Å². The molecule has 5 heteroatoms. The summed E-state index contributed by atoms with van der Waals surface area (Å²) in [4.78, 5) is 13.0. The van der Waals surface area contributed by atoms with Gasteiger partial charge in [0, 0.05) is 0 Å². The highest BCUT2D eigenvalue weighted by molar-refractivity contribution is 5.87. The normalized spacial score (nSPS) is 15.7. The molecule has 0 spiro atoms. The van der Waals surface area contributed by atoms with Gasteiger partial charge in [-0.15, -0.1) is 0 Å². The van der Waals surface area contributed by atoms with Crippen LogP contribution in [0.3, 0.4) is 0 Å². The summed E-state index contributed by atoms with van der Waals surface area (Å²) in [5.41, 5.74) is 5.45. The van der Waals surface area contributed by atoms with E-state index in [1.807, 2.05) is 54.6 Å². The van der Waals surface area contributed by atoms with Crippen LogP contribution in [0.4, 0.5) is 0 Å². The van der Waals surface area contributed by atoms with Gasteiger partial charge in [0.1, 0.15) is 11.3 Å². The van der Waals surface area contributed by atoms with Crippen LogP contribution in [0, 0.1) is 5.92 Å². The van der Waals surface area contributed by atoms with Gasteiger partial charge in [0.15, 0.2) is 0 Å². The van der Waals surface area contributed by atoms with Crippen molar-refractivity contribution in [3.8, 4) is 5.75 Å². The van der Waals surface area contributed by atoms with Crippen LogP contribution in [0.2, 0.25) is 0 Å². The molecule has 4 N–H and O–H groups in total. The molecule has 0 fully saturated rings. The highest BCUT2D eigenvalue weighted by Crippen LogP contribution is 2.29. The Morgan fingerprint density at radius 3 is 2.23 bits per heavy atom. The van der Waals surface area contributed by atoms with Gasteiger partial charge in [-0.25, -0.2) is 0 Å². The third kappa shape index (κ3) is 6.31. The summed E-state index contributed by atoms with van der Waals surface area (Å²) in [5, 5.41) is 13.7. The maximum atomic E-state index is 13.0. The van der Waals surface area contributed by atoms with Crippen LogP contribution in [-0.4, -0.2) is 23.2 Å². The second-order valence-electron chi connectivity index (χ2n) is 8.90. The molecule has 2 aromatic carbocycles. The van der Waals surface area contributed by atoms with E-state index in [0.29, 0.717) is 18.1 Å². The lowest BCUT2D eigenvalue weighted by Crippen LogP contribution is -2.53. The zero-order chi connectivity index (χ0) is 22.4. The smallest absolute Gasteiger partial charge is 0.244 e. The van der Waals surface area contributed by atoms with E-state index in [1.54, 1.807) is 20.8 Å². The van der Waals surface area contributed by atoms with Crippen LogP contribution < -0.4 is 15.8 Å². The van der Waals surface area contributed by atoms with E-state index < -0.39 is 17.2 Å². The average molecular weight is 413 g/mol. The van der Waals surface area contributed by atoms with Crippen LogP contribution in [0.5, 0.6) is 5.75 Å². The summed E-state index contributed by atoms with van der Waals surface area (Å²) in [6.45, 7) is 10.0. The molecule has 164 valence electrons. The second-order valence-corrected chi connectivity index (χ2v) is 8.90. The van der Waals surface area contributed by atoms with Gasteiger partial charge in [-0.05, 0) is 56.4 Å². The number of rotatable bonds is 10. The summed E-state index contributed by atoms with van der Waals surface area (Å²) < 4.78 is 5.86. The molecule has 1 amide bonds. The maximum Gasteiger partial charge on any atom is 0.244 e. The molecule has 0 saturated carbocycles. The van der Waals surface area contributed by atoms with Crippen molar-refractivity contribution in [2.45, 2.75) is 64.6 Å². The number of hydrogen-bond acceptors (Lipinski definition) is 4. The highest BCUT2D eigenvalue weighted by Gasteiger charge is 2.36. The highest BCUT2D eigenvalue weighted by atomic mass is 16.5. The summed E-state index contributed by atoms with van der Waals surface area (Å²) in [6.07, 6.45) is 2.27. The molecule has 0 radical (unpaired) electrons. The Kier molecular flexibility index (Phi) is 8.04. The number of benzene rings is 2. The molecule has 2 rings (SSSR count).